The molecule has 0 radical (unpaired) electrons. The van der Waals surface area contributed by atoms with E-state index in [1.54, 1.807) is 0 Å². The fourth-order valence-corrected chi connectivity index (χ4v) is 1.60. The van der Waals surface area contributed by atoms with Gasteiger partial charge in [-0.1, -0.05) is 42.0 Å². The molecular weight excluding hydrogens is 188 g/mol. The molecule has 0 aliphatic rings. The number of carboxylic acids is 1. The average molecular weight is 204 g/mol. The van der Waals surface area contributed by atoms with Crippen LogP contribution in [0.5, 0.6) is 0 Å². The molecule has 0 fully saturated rings. The Hall–Kier alpha value is -1.57. The fraction of sp³-hybridized carbons (Fsp3) is 0.308. The molecular formula is C13H16O2. The van der Waals surface area contributed by atoms with E-state index in [0.717, 1.165) is 11.1 Å². The zero-order valence-corrected chi connectivity index (χ0v) is 9.10. The molecule has 0 bridgehead atoms. The largest absolute Gasteiger partial charge is 0.481 e. The molecule has 0 aliphatic heterocycles. The van der Waals surface area contributed by atoms with Gasteiger partial charge in [0.05, 0.1) is 6.42 Å². The van der Waals surface area contributed by atoms with Gasteiger partial charge in [0, 0.05) is 5.92 Å². The number of allylic oxidation sites excluding steroid dienone is 2. The van der Waals surface area contributed by atoms with Crippen molar-refractivity contribution in [2.75, 3.05) is 0 Å². The van der Waals surface area contributed by atoms with Gasteiger partial charge in [-0.15, -0.1) is 0 Å². The van der Waals surface area contributed by atoms with Gasteiger partial charge in [0.15, 0.2) is 0 Å². The van der Waals surface area contributed by atoms with Gasteiger partial charge in [0.25, 0.3) is 0 Å². The van der Waals surface area contributed by atoms with Gasteiger partial charge >= 0.3 is 5.97 Å². The smallest absolute Gasteiger partial charge is 0.304 e. The summed E-state index contributed by atoms with van der Waals surface area (Å²) in [5.41, 5.74) is 2.17. The number of hydrogen-bond acceptors (Lipinski definition) is 1. The Morgan fingerprint density at radius 3 is 2.47 bits per heavy atom. The molecule has 2 nitrogen and oxygen atoms in total. The molecule has 2 heteroatoms. The summed E-state index contributed by atoms with van der Waals surface area (Å²) >= 11 is 0. The molecule has 1 rings (SSSR count). The van der Waals surface area contributed by atoms with Crippen molar-refractivity contribution in [1.82, 2.24) is 0 Å². The maximum absolute atomic E-state index is 10.8. The molecule has 15 heavy (non-hydrogen) atoms. The molecule has 0 saturated carbocycles. The minimum Gasteiger partial charge on any atom is -0.481 e. The number of hydrogen-bond donors (Lipinski definition) is 1. The molecule has 80 valence electrons. The third-order valence-corrected chi connectivity index (χ3v) is 2.59. The maximum atomic E-state index is 10.8. The van der Waals surface area contributed by atoms with E-state index in [-0.39, 0.29) is 12.3 Å². The monoisotopic (exact) mass is 204 g/mol. The highest BCUT2D eigenvalue weighted by molar-refractivity contribution is 5.68. The van der Waals surface area contributed by atoms with Crippen molar-refractivity contribution in [3.63, 3.8) is 0 Å². The summed E-state index contributed by atoms with van der Waals surface area (Å²) in [5, 5.41) is 8.86. The number of carboxylic acid groups (broad SMARTS) is 1. The van der Waals surface area contributed by atoms with E-state index in [2.05, 4.69) is 0 Å². The zero-order chi connectivity index (χ0) is 11.3. The summed E-state index contributed by atoms with van der Waals surface area (Å²) in [4.78, 5) is 10.8. The quantitative estimate of drug-likeness (QED) is 0.764. The Balaban J connectivity index is 2.96. The standard InChI is InChI=1S/C13H16O2/c1-3-10(2)12(9-13(14)15)11-7-5-4-6-8-11/h3-8,12H,9H2,1-2H3,(H,14,15). The first-order chi connectivity index (χ1) is 7.15. The number of aliphatic carboxylic acids is 1. The highest BCUT2D eigenvalue weighted by Crippen LogP contribution is 2.27. The van der Waals surface area contributed by atoms with Gasteiger partial charge in [-0.25, -0.2) is 0 Å². The topological polar surface area (TPSA) is 37.3 Å². The van der Waals surface area contributed by atoms with Crippen molar-refractivity contribution in [2.45, 2.75) is 26.2 Å². The molecule has 1 aromatic carbocycles. The summed E-state index contributed by atoms with van der Waals surface area (Å²) in [5.74, 6) is -0.765. The van der Waals surface area contributed by atoms with E-state index >= 15 is 0 Å². The van der Waals surface area contributed by atoms with Crippen LogP contribution >= 0.6 is 0 Å². The van der Waals surface area contributed by atoms with Crippen LogP contribution in [0.4, 0.5) is 0 Å². The molecule has 0 amide bonds. The highest BCUT2D eigenvalue weighted by Gasteiger charge is 2.16. The molecule has 0 aliphatic carbocycles. The molecule has 0 heterocycles. The van der Waals surface area contributed by atoms with Crippen molar-refractivity contribution in [3.8, 4) is 0 Å². The zero-order valence-electron chi connectivity index (χ0n) is 9.10. The van der Waals surface area contributed by atoms with E-state index in [4.69, 9.17) is 5.11 Å². The molecule has 1 aromatic rings. The number of carbonyl (C=O) groups is 1. The van der Waals surface area contributed by atoms with Gasteiger partial charge in [-0.3, -0.25) is 4.79 Å². The third kappa shape index (κ3) is 3.24. The lowest BCUT2D eigenvalue weighted by molar-refractivity contribution is -0.137. The first-order valence-corrected chi connectivity index (χ1v) is 5.04. The Labute approximate surface area is 90.3 Å². The van der Waals surface area contributed by atoms with Crippen LogP contribution in [-0.2, 0) is 4.79 Å². The van der Waals surface area contributed by atoms with Crippen LogP contribution in [0.3, 0.4) is 0 Å². The van der Waals surface area contributed by atoms with E-state index in [0.29, 0.717) is 0 Å². The Kier molecular flexibility index (Phi) is 4.10. The third-order valence-electron chi connectivity index (χ3n) is 2.59. The van der Waals surface area contributed by atoms with Crippen LogP contribution in [0, 0.1) is 0 Å². The maximum Gasteiger partial charge on any atom is 0.304 e. The molecule has 0 aromatic heterocycles. The van der Waals surface area contributed by atoms with Crippen LogP contribution in [0.2, 0.25) is 0 Å². The normalized spacial score (nSPS) is 13.6. The Bertz CT molecular complexity index is 352. The number of benzene rings is 1. The first kappa shape index (κ1) is 11.5. The SMILES string of the molecule is CC=C(C)C(CC(=O)O)c1ccccc1. The summed E-state index contributed by atoms with van der Waals surface area (Å²) < 4.78 is 0. The predicted molar refractivity (Wildman–Crippen MR) is 60.9 cm³/mol. The van der Waals surface area contributed by atoms with Gasteiger partial charge in [-0.2, -0.15) is 0 Å². The first-order valence-electron chi connectivity index (χ1n) is 5.04. The summed E-state index contributed by atoms with van der Waals surface area (Å²) in [6.07, 6.45) is 2.13. The Morgan fingerprint density at radius 2 is 2.00 bits per heavy atom. The minimum absolute atomic E-state index is 0.00583. The van der Waals surface area contributed by atoms with E-state index in [1.807, 2.05) is 50.3 Å². The van der Waals surface area contributed by atoms with Gasteiger partial charge in [0.1, 0.15) is 0 Å². The summed E-state index contributed by atoms with van der Waals surface area (Å²) in [6.45, 7) is 3.91. The van der Waals surface area contributed by atoms with E-state index < -0.39 is 5.97 Å². The second-order valence-electron chi connectivity index (χ2n) is 3.59. The summed E-state index contributed by atoms with van der Waals surface area (Å²) in [6, 6.07) is 9.76. The molecule has 0 saturated heterocycles. The minimum atomic E-state index is -0.759. The van der Waals surface area contributed by atoms with Gasteiger partial charge in [-0.05, 0) is 19.4 Å². The van der Waals surface area contributed by atoms with Crippen molar-refractivity contribution in [2.24, 2.45) is 0 Å². The fourth-order valence-electron chi connectivity index (χ4n) is 1.60. The lowest BCUT2D eigenvalue weighted by Crippen LogP contribution is -2.07. The summed E-state index contributed by atoms with van der Waals surface area (Å²) in [7, 11) is 0. The molecule has 1 atom stereocenters. The van der Waals surface area contributed by atoms with Crippen LogP contribution in [-0.4, -0.2) is 11.1 Å². The van der Waals surface area contributed by atoms with E-state index in [1.165, 1.54) is 0 Å². The van der Waals surface area contributed by atoms with Gasteiger partial charge in [0.2, 0.25) is 0 Å². The van der Waals surface area contributed by atoms with E-state index in [9.17, 15) is 4.79 Å². The Morgan fingerprint density at radius 1 is 1.40 bits per heavy atom. The van der Waals surface area contributed by atoms with Crippen molar-refractivity contribution in [1.29, 1.82) is 0 Å². The highest BCUT2D eigenvalue weighted by atomic mass is 16.4. The van der Waals surface area contributed by atoms with Crippen LogP contribution < -0.4 is 0 Å². The molecule has 0 spiro atoms. The average Bonchev–Trinajstić information content (AvgIpc) is 2.26. The van der Waals surface area contributed by atoms with Crippen molar-refractivity contribution < 1.29 is 9.90 Å². The lowest BCUT2D eigenvalue weighted by atomic mass is 9.89. The molecule has 1 unspecified atom stereocenters. The van der Waals surface area contributed by atoms with Gasteiger partial charge < -0.3 is 5.11 Å². The van der Waals surface area contributed by atoms with Crippen molar-refractivity contribution >= 4 is 5.97 Å². The van der Waals surface area contributed by atoms with Crippen molar-refractivity contribution in [3.05, 3.63) is 47.5 Å². The molecule has 1 N–H and O–H groups in total. The van der Waals surface area contributed by atoms with Crippen LogP contribution in [0.15, 0.2) is 42.0 Å². The lowest BCUT2D eigenvalue weighted by Gasteiger charge is -2.15. The second-order valence-corrected chi connectivity index (χ2v) is 3.59. The predicted octanol–water partition coefficient (Wildman–Crippen LogP) is 3.21. The number of rotatable bonds is 4. The van der Waals surface area contributed by atoms with Crippen LogP contribution in [0.1, 0.15) is 31.7 Å². The second kappa shape index (κ2) is 5.35. The van der Waals surface area contributed by atoms with Crippen LogP contribution in [0.25, 0.3) is 0 Å².